The SMILES string of the molecule is CC[C@H](C)NC(=O)O[C@@H]1CC[C@H](c2cc(NC(=O)c3ccnn3CCN(C)C)n[nH]2)C1. The van der Waals surface area contributed by atoms with Gasteiger partial charge in [0.05, 0.1) is 6.54 Å². The maximum absolute atomic E-state index is 12.7. The van der Waals surface area contributed by atoms with E-state index in [0.717, 1.165) is 37.9 Å². The average molecular weight is 432 g/mol. The summed E-state index contributed by atoms with van der Waals surface area (Å²) in [5, 5.41) is 17.2. The molecule has 0 radical (unpaired) electrons. The molecule has 1 fully saturated rings. The Hall–Kier alpha value is -2.88. The van der Waals surface area contributed by atoms with Crippen LogP contribution in [0.1, 0.15) is 61.6 Å². The fraction of sp³-hybridized carbons (Fsp3) is 0.619. The van der Waals surface area contributed by atoms with Crippen LogP contribution < -0.4 is 10.6 Å². The van der Waals surface area contributed by atoms with Crippen molar-refractivity contribution in [3.63, 3.8) is 0 Å². The summed E-state index contributed by atoms with van der Waals surface area (Å²) in [6, 6.07) is 3.65. The van der Waals surface area contributed by atoms with E-state index >= 15 is 0 Å². The minimum atomic E-state index is -0.358. The first-order valence-electron chi connectivity index (χ1n) is 10.9. The number of alkyl carbamates (subject to hydrolysis) is 1. The Labute approximate surface area is 182 Å². The van der Waals surface area contributed by atoms with Crippen LogP contribution >= 0.6 is 0 Å². The topological polar surface area (TPSA) is 117 Å². The van der Waals surface area contributed by atoms with Gasteiger partial charge in [0, 0.05) is 36.5 Å². The van der Waals surface area contributed by atoms with Gasteiger partial charge in [-0.15, -0.1) is 0 Å². The molecule has 1 aliphatic carbocycles. The summed E-state index contributed by atoms with van der Waals surface area (Å²) in [4.78, 5) is 26.6. The van der Waals surface area contributed by atoms with Gasteiger partial charge in [-0.3, -0.25) is 14.6 Å². The first kappa shape index (κ1) is 22.8. The molecule has 3 rings (SSSR count). The molecule has 2 heterocycles. The molecule has 2 aromatic rings. The summed E-state index contributed by atoms with van der Waals surface area (Å²) < 4.78 is 7.23. The predicted octanol–water partition coefficient (Wildman–Crippen LogP) is 2.58. The first-order chi connectivity index (χ1) is 14.9. The average Bonchev–Trinajstić information content (AvgIpc) is 3.46. The lowest BCUT2D eigenvalue weighted by atomic mass is 10.0. The zero-order chi connectivity index (χ0) is 22.4. The normalized spacial score (nSPS) is 19.4. The van der Waals surface area contributed by atoms with Crippen LogP contribution in [-0.4, -0.2) is 69.7 Å². The van der Waals surface area contributed by atoms with Crippen molar-refractivity contribution in [2.45, 2.75) is 64.1 Å². The number of carbonyl (C=O) groups excluding carboxylic acids is 2. The van der Waals surface area contributed by atoms with Gasteiger partial charge in [-0.25, -0.2) is 4.79 Å². The van der Waals surface area contributed by atoms with Crippen LogP contribution in [-0.2, 0) is 11.3 Å². The fourth-order valence-electron chi connectivity index (χ4n) is 3.61. The maximum Gasteiger partial charge on any atom is 0.407 e. The Morgan fingerprint density at radius 2 is 2.19 bits per heavy atom. The van der Waals surface area contributed by atoms with E-state index in [1.54, 1.807) is 16.9 Å². The molecule has 10 nitrogen and oxygen atoms in total. The van der Waals surface area contributed by atoms with Gasteiger partial charge in [-0.1, -0.05) is 6.92 Å². The summed E-state index contributed by atoms with van der Waals surface area (Å²) in [5.74, 6) is 0.438. The molecule has 3 N–H and O–H groups in total. The minimum absolute atomic E-state index is 0.0997. The van der Waals surface area contributed by atoms with Crippen molar-refractivity contribution in [3.8, 4) is 0 Å². The van der Waals surface area contributed by atoms with Gasteiger partial charge in [0.1, 0.15) is 11.8 Å². The van der Waals surface area contributed by atoms with Crippen molar-refractivity contribution in [2.75, 3.05) is 26.0 Å². The molecule has 1 aliphatic rings. The third-order valence-corrected chi connectivity index (χ3v) is 5.62. The van der Waals surface area contributed by atoms with Gasteiger partial charge in [0.2, 0.25) is 0 Å². The van der Waals surface area contributed by atoms with E-state index in [0.29, 0.717) is 18.1 Å². The van der Waals surface area contributed by atoms with Crippen molar-refractivity contribution in [1.82, 2.24) is 30.2 Å². The number of nitrogens with zero attached hydrogens (tertiary/aromatic N) is 4. The Kier molecular flexibility index (Phi) is 7.67. The number of aromatic amines is 1. The van der Waals surface area contributed by atoms with Crippen LogP contribution in [0.2, 0.25) is 0 Å². The van der Waals surface area contributed by atoms with E-state index in [-0.39, 0.29) is 30.1 Å². The van der Waals surface area contributed by atoms with E-state index in [9.17, 15) is 9.59 Å². The number of H-pyrrole nitrogens is 1. The molecule has 0 unspecified atom stereocenters. The molecular formula is C21H33N7O3. The molecule has 0 bridgehead atoms. The Morgan fingerprint density at radius 1 is 1.39 bits per heavy atom. The van der Waals surface area contributed by atoms with Crippen molar-refractivity contribution < 1.29 is 14.3 Å². The number of carbonyl (C=O) groups is 2. The molecule has 0 aliphatic heterocycles. The first-order valence-corrected chi connectivity index (χ1v) is 10.9. The van der Waals surface area contributed by atoms with E-state index in [4.69, 9.17) is 4.74 Å². The van der Waals surface area contributed by atoms with Crippen molar-refractivity contribution in [3.05, 3.63) is 29.7 Å². The number of rotatable bonds is 9. The van der Waals surface area contributed by atoms with E-state index in [1.165, 1.54) is 0 Å². The molecule has 3 atom stereocenters. The predicted molar refractivity (Wildman–Crippen MR) is 117 cm³/mol. The summed E-state index contributed by atoms with van der Waals surface area (Å²) in [5.41, 5.74) is 1.43. The molecular weight excluding hydrogens is 398 g/mol. The lowest BCUT2D eigenvalue weighted by Crippen LogP contribution is -2.34. The maximum atomic E-state index is 12.7. The van der Waals surface area contributed by atoms with Crippen molar-refractivity contribution in [2.24, 2.45) is 0 Å². The number of likely N-dealkylation sites (N-methyl/N-ethyl adjacent to an activating group) is 1. The van der Waals surface area contributed by atoms with Crippen LogP contribution in [0.5, 0.6) is 0 Å². The van der Waals surface area contributed by atoms with Crippen LogP contribution in [0.25, 0.3) is 0 Å². The molecule has 0 aromatic carbocycles. The second-order valence-corrected chi connectivity index (χ2v) is 8.40. The standard InChI is InChI=1S/C21H33N7O3/c1-5-14(2)23-21(30)31-16-7-6-15(12-16)17-13-19(26-25-17)24-20(29)18-8-9-22-28(18)11-10-27(3)4/h8-9,13-16H,5-7,10-12H2,1-4H3,(H,23,30)(H2,24,25,26,29)/t14-,15-,16+/m0/s1. The fourth-order valence-corrected chi connectivity index (χ4v) is 3.61. The largest absolute Gasteiger partial charge is 0.446 e. The molecule has 2 amide bonds. The molecule has 31 heavy (non-hydrogen) atoms. The highest BCUT2D eigenvalue weighted by Crippen LogP contribution is 2.35. The number of hydrogen-bond donors (Lipinski definition) is 3. The van der Waals surface area contributed by atoms with Gasteiger partial charge in [-0.2, -0.15) is 10.2 Å². The second-order valence-electron chi connectivity index (χ2n) is 8.40. The summed E-state index contributed by atoms with van der Waals surface area (Å²) >= 11 is 0. The van der Waals surface area contributed by atoms with Crippen LogP contribution in [0, 0.1) is 0 Å². The van der Waals surface area contributed by atoms with Gasteiger partial charge < -0.3 is 20.3 Å². The molecule has 0 saturated heterocycles. The summed E-state index contributed by atoms with van der Waals surface area (Å²) in [6.45, 7) is 5.38. The molecule has 0 spiro atoms. The monoisotopic (exact) mass is 431 g/mol. The minimum Gasteiger partial charge on any atom is -0.446 e. The third-order valence-electron chi connectivity index (χ3n) is 5.62. The molecule has 2 aromatic heterocycles. The van der Waals surface area contributed by atoms with Crippen molar-refractivity contribution >= 4 is 17.8 Å². The van der Waals surface area contributed by atoms with Crippen molar-refractivity contribution in [1.29, 1.82) is 0 Å². The van der Waals surface area contributed by atoms with E-state index in [1.807, 2.05) is 38.9 Å². The Bertz CT molecular complexity index is 876. The van der Waals surface area contributed by atoms with E-state index < -0.39 is 0 Å². The highest BCUT2D eigenvalue weighted by atomic mass is 16.6. The lowest BCUT2D eigenvalue weighted by Gasteiger charge is -2.16. The Balaban J connectivity index is 1.52. The van der Waals surface area contributed by atoms with E-state index in [2.05, 4.69) is 25.9 Å². The molecule has 170 valence electrons. The number of ether oxygens (including phenoxy) is 1. The zero-order valence-electron chi connectivity index (χ0n) is 18.7. The van der Waals surface area contributed by atoms with Gasteiger partial charge in [-0.05, 0) is 52.8 Å². The molecule has 10 heteroatoms. The number of amides is 2. The number of nitrogens with one attached hydrogen (secondary N) is 3. The second kappa shape index (κ2) is 10.4. The van der Waals surface area contributed by atoms with Gasteiger partial charge in [0.15, 0.2) is 5.82 Å². The Morgan fingerprint density at radius 3 is 2.94 bits per heavy atom. The zero-order valence-corrected chi connectivity index (χ0v) is 18.7. The smallest absolute Gasteiger partial charge is 0.407 e. The summed E-state index contributed by atoms with van der Waals surface area (Å²) in [7, 11) is 3.95. The van der Waals surface area contributed by atoms with Crippen LogP contribution in [0.15, 0.2) is 18.3 Å². The van der Waals surface area contributed by atoms with Gasteiger partial charge >= 0.3 is 6.09 Å². The lowest BCUT2D eigenvalue weighted by molar-refractivity contribution is 0.0972. The van der Waals surface area contributed by atoms with Crippen LogP contribution in [0.3, 0.4) is 0 Å². The highest BCUT2D eigenvalue weighted by molar-refractivity contribution is 6.02. The summed E-state index contributed by atoms with van der Waals surface area (Å²) in [6.07, 6.45) is 4.46. The number of aromatic nitrogens is 4. The third kappa shape index (κ3) is 6.30. The number of hydrogen-bond acceptors (Lipinski definition) is 6. The van der Waals surface area contributed by atoms with Crippen LogP contribution in [0.4, 0.5) is 10.6 Å². The number of anilines is 1. The quantitative estimate of drug-likeness (QED) is 0.562. The van der Waals surface area contributed by atoms with Gasteiger partial charge in [0.25, 0.3) is 5.91 Å². The molecule has 1 saturated carbocycles. The highest BCUT2D eigenvalue weighted by Gasteiger charge is 2.30.